The van der Waals surface area contributed by atoms with E-state index in [0.29, 0.717) is 12.3 Å². The predicted octanol–water partition coefficient (Wildman–Crippen LogP) is 1.46. The van der Waals surface area contributed by atoms with Gasteiger partial charge in [-0.15, -0.1) is 11.6 Å². The first kappa shape index (κ1) is 13.2. The van der Waals surface area contributed by atoms with Gasteiger partial charge in [0, 0.05) is 29.4 Å². The van der Waals surface area contributed by atoms with Crippen LogP contribution in [0.5, 0.6) is 0 Å². The van der Waals surface area contributed by atoms with Crippen LogP contribution in [0.1, 0.15) is 10.9 Å². The van der Waals surface area contributed by atoms with E-state index < -0.39 is 16.2 Å². The maximum absolute atomic E-state index is 11.6. The Bertz CT molecular complexity index is 370. The maximum atomic E-state index is 11.6. The standard InChI is InChI=1S/C11H14ClNO2S/c1-16(15)8-7-13-11(14)10(12)9-5-3-2-4-6-9/h2-6,10H,7-8H2,1H3,(H,13,14). The van der Waals surface area contributed by atoms with Gasteiger partial charge in [-0.1, -0.05) is 30.3 Å². The lowest BCUT2D eigenvalue weighted by molar-refractivity contribution is -0.120. The molecule has 1 N–H and O–H groups in total. The van der Waals surface area contributed by atoms with Crippen LogP contribution in [-0.2, 0) is 15.6 Å². The lowest BCUT2D eigenvalue weighted by Crippen LogP contribution is -2.30. The Morgan fingerprint density at radius 1 is 1.44 bits per heavy atom. The van der Waals surface area contributed by atoms with Gasteiger partial charge in [0.1, 0.15) is 5.38 Å². The van der Waals surface area contributed by atoms with Crippen molar-refractivity contribution in [3.8, 4) is 0 Å². The number of halogens is 1. The molecule has 0 fully saturated rings. The van der Waals surface area contributed by atoms with Gasteiger partial charge in [0.2, 0.25) is 5.91 Å². The fourth-order valence-corrected chi connectivity index (χ4v) is 1.79. The quantitative estimate of drug-likeness (QED) is 0.814. The summed E-state index contributed by atoms with van der Waals surface area (Å²) in [6.45, 7) is 0.387. The van der Waals surface area contributed by atoms with Gasteiger partial charge in [-0.25, -0.2) is 0 Å². The summed E-state index contributed by atoms with van der Waals surface area (Å²) >= 11 is 5.98. The minimum Gasteiger partial charge on any atom is -0.354 e. The lowest BCUT2D eigenvalue weighted by atomic mass is 10.1. The Balaban J connectivity index is 2.45. The van der Waals surface area contributed by atoms with Crippen molar-refractivity contribution in [2.75, 3.05) is 18.6 Å². The first-order valence-corrected chi connectivity index (χ1v) is 7.04. The zero-order valence-corrected chi connectivity index (χ0v) is 10.6. The summed E-state index contributed by atoms with van der Waals surface area (Å²) < 4.78 is 10.8. The van der Waals surface area contributed by atoms with Gasteiger partial charge in [0.15, 0.2) is 0 Å². The van der Waals surface area contributed by atoms with Crippen molar-refractivity contribution >= 4 is 28.3 Å². The summed E-state index contributed by atoms with van der Waals surface area (Å²) in [5.41, 5.74) is 0.763. The van der Waals surface area contributed by atoms with Gasteiger partial charge in [-0.05, 0) is 5.56 Å². The predicted molar refractivity (Wildman–Crippen MR) is 67.0 cm³/mol. The summed E-state index contributed by atoms with van der Waals surface area (Å²) in [5, 5.41) is 1.96. The molecule has 3 nitrogen and oxygen atoms in total. The second kappa shape index (κ2) is 6.66. The molecule has 0 aromatic heterocycles. The number of hydrogen-bond donors (Lipinski definition) is 1. The number of amides is 1. The molecule has 0 saturated carbocycles. The Labute approximate surface area is 103 Å². The third-order valence-corrected chi connectivity index (χ3v) is 3.24. The summed E-state index contributed by atoms with van der Waals surface area (Å²) in [7, 11) is -0.898. The highest BCUT2D eigenvalue weighted by molar-refractivity contribution is 7.84. The van der Waals surface area contributed by atoms with Crippen LogP contribution < -0.4 is 5.32 Å². The highest BCUT2D eigenvalue weighted by atomic mass is 35.5. The molecule has 1 rings (SSSR count). The normalized spacial score (nSPS) is 14.1. The highest BCUT2D eigenvalue weighted by Gasteiger charge is 2.16. The summed E-state index contributed by atoms with van der Waals surface area (Å²) in [5.74, 6) is 0.197. The van der Waals surface area contributed by atoms with Crippen LogP contribution in [-0.4, -0.2) is 28.7 Å². The minimum absolute atomic E-state index is 0.252. The molecule has 5 heteroatoms. The topological polar surface area (TPSA) is 46.2 Å². The van der Waals surface area contributed by atoms with Crippen molar-refractivity contribution in [2.24, 2.45) is 0 Å². The van der Waals surface area contributed by atoms with Crippen LogP contribution in [0.15, 0.2) is 30.3 Å². The van der Waals surface area contributed by atoms with E-state index in [1.807, 2.05) is 18.2 Å². The molecule has 0 heterocycles. The summed E-state index contributed by atoms with van der Waals surface area (Å²) in [6, 6.07) is 9.13. The van der Waals surface area contributed by atoms with Crippen LogP contribution >= 0.6 is 11.6 Å². The molecule has 1 aromatic carbocycles. The third-order valence-electron chi connectivity index (χ3n) is 2.01. The van der Waals surface area contributed by atoms with Crippen LogP contribution in [0.4, 0.5) is 0 Å². The van der Waals surface area contributed by atoms with Gasteiger partial charge in [-0.2, -0.15) is 0 Å². The second-order valence-electron chi connectivity index (χ2n) is 3.34. The van der Waals surface area contributed by atoms with Crippen molar-refractivity contribution in [1.82, 2.24) is 5.32 Å². The SMILES string of the molecule is CS(=O)CCNC(=O)C(Cl)c1ccccc1. The van der Waals surface area contributed by atoms with Gasteiger partial charge in [0.05, 0.1) is 0 Å². The molecule has 2 atom stereocenters. The van der Waals surface area contributed by atoms with Gasteiger partial charge < -0.3 is 5.32 Å². The van der Waals surface area contributed by atoms with E-state index in [2.05, 4.69) is 5.32 Å². The Kier molecular flexibility index (Phi) is 5.49. The summed E-state index contributed by atoms with van der Waals surface area (Å²) in [6.07, 6.45) is 1.60. The van der Waals surface area contributed by atoms with E-state index in [0.717, 1.165) is 5.56 Å². The number of carbonyl (C=O) groups excluding carboxylic acids is 1. The number of hydrogen-bond acceptors (Lipinski definition) is 2. The zero-order chi connectivity index (χ0) is 12.0. The number of alkyl halides is 1. The van der Waals surface area contributed by atoms with E-state index in [-0.39, 0.29) is 5.91 Å². The highest BCUT2D eigenvalue weighted by Crippen LogP contribution is 2.19. The third kappa shape index (κ3) is 4.33. The molecule has 0 aliphatic heterocycles. The molecular formula is C11H14ClNO2S. The average molecular weight is 260 g/mol. The molecule has 0 spiro atoms. The molecule has 2 unspecified atom stereocenters. The van der Waals surface area contributed by atoms with E-state index in [1.165, 1.54) is 0 Å². The molecule has 16 heavy (non-hydrogen) atoms. The Morgan fingerprint density at radius 3 is 2.62 bits per heavy atom. The average Bonchev–Trinajstić information content (AvgIpc) is 2.28. The van der Waals surface area contributed by atoms with E-state index in [4.69, 9.17) is 11.6 Å². The lowest BCUT2D eigenvalue weighted by Gasteiger charge is -2.10. The zero-order valence-electron chi connectivity index (χ0n) is 8.98. The van der Waals surface area contributed by atoms with Crippen LogP contribution in [0.25, 0.3) is 0 Å². The number of benzene rings is 1. The molecule has 0 saturated heterocycles. The minimum atomic E-state index is -0.898. The van der Waals surface area contributed by atoms with Gasteiger partial charge in [-0.3, -0.25) is 9.00 Å². The van der Waals surface area contributed by atoms with Crippen molar-refractivity contribution in [3.63, 3.8) is 0 Å². The molecular weight excluding hydrogens is 246 g/mol. The van der Waals surface area contributed by atoms with E-state index >= 15 is 0 Å². The monoisotopic (exact) mass is 259 g/mol. The van der Waals surface area contributed by atoms with Crippen molar-refractivity contribution < 1.29 is 9.00 Å². The Hall–Kier alpha value is -0.870. The van der Waals surface area contributed by atoms with Crippen molar-refractivity contribution in [1.29, 1.82) is 0 Å². The molecule has 0 aliphatic rings. The number of nitrogens with one attached hydrogen (secondary N) is 1. The molecule has 1 aromatic rings. The van der Waals surface area contributed by atoms with E-state index in [9.17, 15) is 9.00 Å². The molecule has 0 aliphatic carbocycles. The van der Waals surface area contributed by atoms with Gasteiger partial charge >= 0.3 is 0 Å². The van der Waals surface area contributed by atoms with Crippen molar-refractivity contribution in [3.05, 3.63) is 35.9 Å². The molecule has 88 valence electrons. The van der Waals surface area contributed by atoms with Crippen LogP contribution in [0, 0.1) is 0 Å². The molecule has 0 bridgehead atoms. The largest absolute Gasteiger partial charge is 0.354 e. The number of carbonyl (C=O) groups is 1. The van der Waals surface area contributed by atoms with E-state index in [1.54, 1.807) is 18.4 Å². The van der Waals surface area contributed by atoms with Crippen molar-refractivity contribution in [2.45, 2.75) is 5.38 Å². The second-order valence-corrected chi connectivity index (χ2v) is 5.33. The first-order valence-electron chi connectivity index (χ1n) is 4.88. The van der Waals surface area contributed by atoms with Gasteiger partial charge in [0.25, 0.3) is 0 Å². The van der Waals surface area contributed by atoms with Crippen LogP contribution in [0.2, 0.25) is 0 Å². The fourth-order valence-electron chi connectivity index (χ4n) is 1.18. The van der Waals surface area contributed by atoms with Crippen LogP contribution in [0.3, 0.4) is 0 Å². The summed E-state index contributed by atoms with van der Waals surface area (Å²) in [4.78, 5) is 11.6. The molecule has 1 amide bonds. The maximum Gasteiger partial charge on any atom is 0.242 e. The first-order chi connectivity index (χ1) is 7.61. The smallest absolute Gasteiger partial charge is 0.242 e. The Morgan fingerprint density at radius 2 is 2.06 bits per heavy atom. The molecule has 0 radical (unpaired) electrons. The number of rotatable bonds is 5. The fraction of sp³-hybridized carbons (Fsp3) is 0.364.